The lowest BCUT2D eigenvalue weighted by molar-refractivity contribution is -0.143. The van der Waals surface area contributed by atoms with E-state index >= 15 is 0 Å². The Balaban J connectivity index is 4.08. The van der Waals surface area contributed by atoms with Crippen molar-refractivity contribution in [1.29, 1.82) is 0 Å². The predicted octanol–water partition coefficient (Wildman–Crippen LogP) is 1.05. The minimum absolute atomic E-state index is 0.478. The van der Waals surface area contributed by atoms with Gasteiger partial charge in [0.15, 0.2) is 0 Å². The fourth-order valence-corrected chi connectivity index (χ4v) is 1.40. The number of carboxylic acid groups (broad SMARTS) is 1. The monoisotopic (exact) mass is 163 g/mol. The molecule has 4 heteroatoms. The van der Waals surface area contributed by atoms with Crippen LogP contribution in [0.1, 0.15) is 20.3 Å². The third-order valence-electron chi connectivity index (χ3n) is 1.58. The molecule has 0 aliphatic rings. The van der Waals surface area contributed by atoms with Crippen LogP contribution in [0.5, 0.6) is 0 Å². The molecular formula is C6H14NO2P. The second kappa shape index (κ2) is 3.89. The van der Waals surface area contributed by atoms with Crippen molar-refractivity contribution in [3.8, 4) is 0 Å². The summed E-state index contributed by atoms with van der Waals surface area (Å²) in [5.74, 6) is -0.774. The summed E-state index contributed by atoms with van der Waals surface area (Å²) < 4.78 is 0. The van der Waals surface area contributed by atoms with E-state index in [1.165, 1.54) is 0 Å². The van der Waals surface area contributed by atoms with Gasteiger partial charge in [-0.15, -0.1) is 0 Å². The second-order valence-electron chi connectivity index (χ2n) is 2.37. The smallest absolute Gasteiger partial charge is 0.323 e. The highest BCUT2D eigenvalue weighted by atomic mass is 31.1. The van der Waals surface area contributed by atoms with Gasteiger partial charge < -0.3 is 5.11 Å². The molecule has 0 saturated carbocycles. The fraction of sp³-hybridized carbons (Fsp3) is 0.833. The summed E-state index contributed by atoms with van der Waals surface area (Å²) in [7, 11) is 0.478. The zero-order valence-electron chi connectivity index (χ0n) is 6.56. The van der Waals surface area contributed by atoms with E-state index < -0.39 is 11.5 Å². The van der Waals surface area contributed by atoms with Crippen molar-refractivity contribution in [2.75, 3.05) is 6.66 Å². The molecule has 0 radical (unpaired) electrons. The number of rotatable bonds is 4. The van der Waals surface area contributed by atoms with Crippen LogP contribution >= 0.6 is 8.73 Å². The minimum Gasteiger partial charge on any atom is -0.480 e. The third-order valence-corrected chi connectivity index (χ3v) is 2.38. The zero-order chi connectivity index (χ0) is 8.20. The van der Waals surface area contributed by atoms with Crippen molar-refractivity contribution >= 4 is 14.7 Å². The van der Waals surface area contributed by atoms with Gasteiger partial charge in [0.1, 0.15) is 5.54 Å². The molecule has 60 valence electrons. The Labute approximate surface area is 63.0 Å². The molecule has 3 nitrogen and oxygen atoms in total. The molecule has 2 atom stereocenters. The third kappa shape index (κ3) is 2.24. The molecule has 0 bridgehead atoms. The van der Waals surface area contributed by atoms with E-state index in [2.05, 4.69) is 5.09 Å². The van der Waals surface area contributed by atoms with Crippen molar-refractivity contribution in [2.24, 2.45) is 0 Å². The van der Waals surface area contributed by atoms with E-state index in [1.807, 2.05) is 13.6 Å². The highest BCUT2D eigenvalue weighted by Crippen LogP contribution is 2.14. The lowest BCUT2D eigenvalue weighted by atomic mass is 10.0. The van der Waals surface area contributed by atoms with Crippen molar-refractivity contribution < 1.29 is 9.90 Å². The van der Waals surface area contributed by atoms with Gasteiger partial charge in [0.05, 0.1) is 0 Å². The molecule has 0 rings (SSSR count). The Kier molecular flexibility index (Phi) is 3.84. The highest BCUT2D eigenvalue weighted by Gasteiger charge is 2.29. The van der Waals surface area contributed by atoms with Gasteiger partial charge in [0.2, 0.25) is 0 Å². The van der Waals surface area contributed by atoms with Crippen LogP contribution < -0.4 is 5.09 Å². The molecule has 2 N–H and O–H groups in total. The van der Waals surface area contributed by atoms with E-state index in [-0.39, 0.29) is 0 Å². The Morgan fingerprint density at radius 1 is 1.80 bits per heavy atom. The van der Waals surface area contributed by atoms with E-state index in [0.717, 1.165) is 0 Å². The number of carboxylic acids is 1. The maximum atomic E-state index is 10.6. The van der Waals surface area contributed by atoms with Crippen molar-refractivity contribution in [1.82, 2.24) is 5.09 Å². The van der Waals surface area contributed by atoms with Gasteiger partial charge in [-0.2, -0.15) is 0 Å². The number of nitrogens with one attached hydrogen (secondary N) is 1. The molecule has 0 amide bonds. The summed E-state index contributed by atoms with van der Waals surface area (Å²) in [4.78, 5) is 10.6. The standard InChI is InChI=1S/C6H14NO2P/c1-4-6(2,5(8)9)7-10-3/h7,10H,4H2,1-3H3,(H,8,9). The minimum atomic E-state index is -0.774. The average Bonchev–Trinajstić information content (AvgIpc) is 1.88. The van der Waals surface area contributed by atoms with Crippen LogP contribution in [-0.4, -0.2) is 23.3 Å². The van der Waals surface area contributed by atoms with Gasteiger partial charge in [-0.1, -0.05) is 15.7 Å². The van der Waals surface area contributed by atoms with Crippen LogP contribution in [0.3, 0.4) is 0 Å². The van der Waals surface area contributed by atoms with Gasteiger partial charge in [-0.05, 0) is 20.0 Å². The van der Waals surface area contributed by atoms with Gasteiger partial charge >= 0.3 is 5.97 Å². The molecule has 0 fully saturated rings. The molecule has 0 aromatic carbocycles. The van der Waals surface area contributed by atoms with Crippen molar-refractivity contribution in [2.45, 2.75) is 25.8 Å². The van der Waals surface area contributed by atoms with Crippen LogP contribution in [0.25, 0.3) is 0 Å². The topological polar surface area (TPSA) is 49.3 Å². The highest BCUT2D eigenvalue weighted by molar-refractivity contribution is 7.34. The first kappa shape index (κ1) is 9.86. The average molecular weight is 163 g/mol. The lowest BCUT2D eigenvalue weighted by Crippen LogP contribution is -2.44. The van der Waals surface area contributed by atoms with Gasteiger partial charge in [0, 0.05) is 0 Å². The maximum Gasteiger partial charge on any atom is 0.323 e. The summed E-state index contributed by atoms with van der Waals surface area (Å²) in [6, 6.07) is 0. The first-order valence-electron chi connectivity index (χ1n) is 3.24. The summed E-state index contributed by atoms with van der Waals surface area (Å²) >= 11 is 0. The van der Waals surface area contributed by atoms with Crippen molar-refractivity contribution in [3.63, 3.8) is 0 Å². The number of hydrogen-bond donors (Lipinski definition) is 2. The lowest BCUT2D eigenvalue weighted by Gasteiger charge is -2.23. The molecule has 10 heavy (non-hydrogen) atoms. The molecule has 0 spiro atoms. The Hall–Kier alpha value is -0.140. The zero-order valence-corrected chi connectivity index (χ0v) is 7.56. The number of carbonyl (C=O) groups is 1. The quantitative estimate of drug-likeness (QED) is 0.609. The van der Waals surface area contributed by atoms with E-state index in [4.69, 9.17) is 5.11 Å². The first-order valence-corrected chi connectivity index (χ1v) is 4.74. The molecule has 0 heterocycles. The van der Waals surface area contributed by atoms with Crippen LogP contribution in [0.4, 0.5) is 0 Å². The van der Waals surface area contributed by atoms with E-state index in [9.17, 15) is 4.79 Å². The van der Waals surface area contributed by atoms with Gasteiger partial charge in [-0.3, -0.25) is 9.88 Å². The molecule has 0 aliphatic heterocycles. The largest absolute Gasteiger partial charge is 0.480 e. The fourth-order valence-electron chi connectivity index (χ4n) is 0.569. The number of hydrogen-bond acceptors (Lipinski definition) is 2. The normalized spacial score (nSPS) is 17.5. The molecule has 0 aliphatic carbocycles. The van der Waals surface area contributed by atoms with Crippen LogP contribution in [-0.2, 0) is 4.79 Å². The van der Waals surface area contributed by atoms with Crippen LogP contribution in [0.2, 0.25) is 0 Å². The number of aliphatic carboxylic acids is 1. The summed E-state index contributed by atoms with van der Waals surface area (Å²) in [5, 5.41) is 11.6. The predicted molar refractivity (Wildman–Crippen MR) is 43.7 cm³/mol. The molecule has 0 saturated heterocycles. The van der Waals surface area contributed by atoms with Gasteiger partial charge in [0.25, 0.3) is 0 Å². The summed E-state index contributed by atoms with van der Waals surface area (Å²) in [5.41, 5.74) is -0.729. The SMILES string of the molecule is CCC(C)(NPC)C(=O)O. The van der Waals surface area contributed by atoms with E-state index in [1.54, 1.807) is 6.92 Å². The van der Waals surface area contributed by atoms with Crippen LogP contribution in [0.15, 0.2) is 0 Å². The summed E-state index contributed by atoms with van der Waals surface area (Å²) in [6.07, 6.45) is 0.614. The second-order valence-corrected chi connectivity index (χ2v) is 3.12. The summed E-state index contributed by atoms with van der Waals surface area (Å²) in [6.45, 7) is 5.49. The Bertz CT molecular complexity index is 129. The van der Waals surface area contributed by atoms with E-state index in [0.29, 0.717) is 15.2 Å². The molecular weight excluding hydrogens is 149 g/mol. The maximum absolute atomic E-state index is 10.6. The molecule has 0 aromatic rings. The first-order chi connectivity index (χ1) is 4.56. The van der Waals surface area contributed by atoms with Gasteiger partial charge in [-0.25, -0.2) is 0 Å². The molecule has 0 aromatic heterocycles. The Morgan fingerprint density at radius 2 is 2.30 bits per heavy atom. The Morgan fingerprint density at radius 3 is 2.40 bits per heavy atom. The molecule has 2 unspecified atom stereocenters. The van der Waals surface area contributed by atoms with Crippen molar-refractivity contribution in [3.05, 3.63) is 0 Å². The van der Waals surface area contributed by atoms with Crippen LogP contribution in [0, 0.1) is 0 Å².